The second-order valence-corrected chi connectivity index (χ2v) is 6.11. The van der Waals surface area contributed by atoms with E-state index in [0.717, 1.165) is 26.2 Å². The van der Waals surface area contributed by atoms with Crippen LogP contribution in [0.25, 0.3) is 0 Å². The van der Waals surface area contributed by atoms with Gasteiger partial charge in [0.05, 0.1) is 0 Å². The third-order valence-corrected chi connectivity index (χ3v) is 4.53. The van der Waals surface area contributed by atoms with Crippen LogP contribution in [-0.4, -0.2) is 62.8 Å². The largest absolute Gasteiger partial charge is 0.346 e. The first-order chi connectivity index (χ1) is 9.10. The van der Waals surface area contributed by atoms with Gasteiger partial charge in [-0.25, -0.2) is 9.78 Å². The molecule has 0 N–H and O–H groups in total. The predicted molar refractivity (Wildman–Crippen MR) is 70.8 cm³/mol. The van der Waals surface area contributed by atoms with Crippen molar-refractivity contribution in [3.8, 4) is 0 Å². The number of rotatable bonds is 1. The molecule has 0 saturated carbocycles. The van der Waals surface area contributed by atoms with Crippen molar-refractivity contribution < 1.29 is 4.79 Å². The topological polar surface area (TPSA) is 54.3 Å². The minimum Gasteiger partial charge on any atom is -0.322 e. The first-order valence-corrected chi connectivity index (χ1v) is 6.98. The van der Waals surface area contributed by atoms with E-state index in [4.69, 9.17) is 0 Å². The highest BCUT2D eigenvalue weighted by molar-refractivity contribution is 5.76. The Kier molecular flexibility index (Phi) is 3.05. The van der Waals surface area contributed by atoms with Crippen molar-refractivity contribution in [2.24, 2.45) is 5.41 Å². The zero-order valence-corrected chi connectivity index (χ0v) is 11.6. The monoisotopic (exact) mass is 263 g/mol. The molecular formula is C13H21N5O. The van der Waals surface area contributed by atoms with Gasteiger partial charge in [0.15, 0.2) is 0 Å². The molecule has 0 aliphatic carbocycles. The zero-order valence-electron chi connectivity index (χ0n) is 11.6. The van der Waals surface area contributed by atoms with Crippen LogP contribution >= 0.6 is 0 Å². The van der Waals surface area contributed by atoms with E-state index in [1.807, 2.05) is 4.90 Å². The molecular weight excluding hydrogens is 242 g/mol. The number of hydrogen-bond donors (Lipinski definition) is 0. The van der Waals surface area contributed by atoms with Crippen molar-refractivity contribution in [2.45, 2.75) is 32.7 Å². The number of likely N-dealkylation sites (tertiary alicyclic amines) is 2. The van der Waals surface area contributed by atoms with Gasteiger partial charge in [-0.1, -0.05) is 0 Å². The van der Waals surface area contributed by atoms with Crippen LogP contribution < -0.4 is 0 Å². The average molecular weight is 263 g/mol. The van der Waals surface area contributed by atoms with Gasteiger partial charge in [0.25, 0.3) is 0 Å². The second kappa shape index (κ2) is 4.59. The molecule has 2 aliphatic rings. The number of aromatic nitrogens is 3. The van der Waals surface area contributed by atoms with Gasteiger partial charge >= 0.3 is 6.03 Å². The lowest BCUT2D eigenvalue weighted by molar-refractivity contribution is -0.0279. The maximum absolute atomic E-state index is 12.1. The lowest BCUT2D eigenvalue weighted by atomic mass is 9.72. The van der Waals surface area contributed by atoms with E-state index in [0.29, 0.717) is 11.5 Å². The molecule has 104 valence electrons. The second-order valence-electron chi connectivity index (χ2n) is 6.11. The molecule has 1 spiro atoms. The van der Waals surface area contributed by atoms with Crippen LogP contribution in [0.15, 0.2) is 12.7 Å². The van der Waals surface area contributed by atoms with Crippen molar-refractivity contribution in [2.75, 3.05) is 26.2 Å². The van der Waals surface area contributed by atoms with Crippen LogP contribution in [0, 0.1) is 5.41 Å². The van der Waals surface area contributed by atoms with Crippen molar-refractivity contribution in [3.05, 3.63) is 12.7 Å². The fourth-order valence-electron chi connectivity index (χ4n) is 3.18. The average Bonchev–Trinajstić information content (AvgIpc) is 2.89. The Labute approximate surface area is 113 Å². The minimum atomic E-state index is -0.0468. The molecule has 0 bridgehead atoms. The Balaban J connectivity index is 1.54. The molecule has 2 saturated heterocycles. The van der Waals surface area contributed by atoms with Gasteiger partial charge < -0.3 is 9.80 Å². The van der Waals surface area contributed by atoms with Gasteiger partial charge in [-0.15, -0.1) is 0 Å². The summed E-state index contributed by atoms with van der Waals surface area (Å²) >= 11 is 0. The lowest BCUT2D eigenvalue weighted by Gasteiger charge is -2.54. The number of nitrogens with zero attached hydrogens (tertiary/aromatic N) is 5. The fraction of sp³-hybridized carbons (Fsp3) is 0.769. The summed E-state index contributed by atoms with van der Waals surface area (Å²) in [5.74, 6) is 0. The van der Waals surface area contributed by atoms with Crippen LogP contribution in [0.5, 0.6) is 0 Å². The molecule has 0 aromatic carbocycles. The standard InChI is InChI=1S/C13H21N5O/c1-11(2)16-5-3-13(4-6-16)7-17(8-13)12(19)18-10-14-9-15-18/h9-11H,3-8H2,1-2H3. The first kappa shape index (κ1) is 12.6. The number of amides is 1. The molecule has 6 nitrogen and oxygen atoms in total. The lowest BCUT2D eigenvalue weighted by Crippen LogP contribution is -2.63. The number of piperidine rings is 1. The Morgan fingerprint density at radius 3 is 2.47 bits per heavy atom. The van der Waals surface area contributed by atoms with E-state index in [1.165, 1.54) is 30.2 Å². The van der Waals surface area contributed by atoms with Crippen molar-refractivity contribution in [1.82, 2.24) is 24.6 Å². The Morgan fingerprint density at radius 2 is 1.95 bits per heavy atom. The molecule has 0 atom stereocenters. The van der Waals surface area contributed by atoms with E-state index >= 15 is 0 Å². The molecule has 6 heteroatoms. The molecule has 1 amide bonds. The molecule has 3 heterocycles. The van der Waals surface area contributed by atoms with Crippen LogP contribution in [0.3, 0.4) is 0 Å². The van der Waals surface area contributed by atoms with Gasteiger partial charge in [-0.2, -0.15) is 9.78 Å². The van der Waals surface area contributed by atoms with Gasteiger partial charge in [0.2, 0.25) is 0 Å². The maximum Gasteiger partial charge on any atom is 0.346 e. The highest BCUT2D eigenvalue weighted by atomic mass is 16.2. The summed E-state index contributed by atoms with van der Waals surface area (Å²) in [5, 5.41) is 3.89. The van der Waals surface area contributed by atoms with Crippen molar-refractivity contribution in [3.63, 3.8) is 0 Å². The van der Waals surface area contributed by atoms with E-state index in [-0.39, 0.29) is 6.03 Å². The molecule has 19 heavy (non-hydrogen) atoms. The minimum absolute atomic E-state index is 0.0468. The summed E-state index contributed by atoms with van der Waals surface area (Å²) in [5.41, 5.74) is 0.363. The molecule has 1 aromatic heterocycles. The van der Waals surface area contributed by atoms with Gasteiger partial charge in [0, 0.05) is 24.5 Å². The third-order valence-electron chi connectivity index (χ3n) is 4.53. The smallest absolute Gasteiger partial charge is 0.322 e. The van der Waals surface area contributed by atoms with Crippen LogP contribution in [-0.2, 0) is 0 Å². The molecule has 0 unspecified atom stereocenters. The van der Waals surface area contributed by atoms with E-state index in [2.05, 4.69) is 28.8 Å². The summed E-state index contributed by atoms with van der Waals surface area (Å²) in [7, 11) is 0. The van der Waals surface area contributed by atoms with Crippen LogP contribution in [0.1, 0.15) is 26.7 Å². The number of carbonyl (C=O) groups is 1. The predicted octanol–water partition coefficient (Wildman–Crippen LogP) is 1.05. The van der Waals surface area contributed by atoms with Gasteiger partial charge in [-0.05, 0) is 39.8 Å². The molecule has 3 rings (SSSR count). The number of carbonyl (C=O) groups excluding carboxylic acids is 1. The van der Waals surface area contributed by atoms with E-state index in [1.54, 1.807) is 0 Å². The summed E-state index contributed by atoms with van der Waals surface area (Å²) < 4.78 is 1.32. The Bertz CT molecular complexity index is 440. The Hall–Kier alpha value is -1.43. The van der Waals surface area contributed by atoms with E-state index in [9.17, 15) is 4.79 Å². The van der Waals surface area contributed by atoms with Gasteiger partial charge in [0.1, 0.15) is 12.7 Å². The quantitative estimate of drug-likeness (QED) is 0.760. The normalized spacial score (nSPS) is 22.8. The van der Waals surface area contributed by atoms with Gasteiger partial charge in [-0.3, -0.25) is 0 Å². The third kappa shape index (κ3) is 2.25. The summed E-state index contributed by atoms with van der Waals surface area (Å²) in [4.78, 5) is 20.3. The Morgan fingerprint density at radius 1 is 1.26 bits per heavy atom. The maximum atomic E-state index is 12.1. The highest BCUT2D eigenvalue weighted by Gasteiger charge is 2.47. The summed E-state index contributed by atoms with van der Waals surface area (Å²) in [6, 6.07) is 0.583. The number of hydrogen-bond acceptors (Lipinski definition) is 4. The summed E-state index contributed by atoms with van der Waals surface area (Å²) in [6.07, 6.45) is 5.27. The molecule has 2 fully saturated rings. The van der Waals surface area contributed by atoms with Crippen molar-refractivity contribution in [1.29, 1.82) is 0 Å². The van der Waals surface area contributed by atoms with E-state index < -0.39 is 0 Å². The van der Waals surface area contributed by atoms with Crippen molar-refractivity contribution >= 4 is 6.03 Å². The molecule has 0 radical (unpaired) electrons. The zero-order chi connectivity index (χ0) is 13.5. The molecule has 1 aromatic rings. The highest BCUT2D eigenvalue weighted by Crippen LogP contribution is 2.40. The first-order valence-electron chi connectivity index (χ1n) is 6.98. The fourth-order valence-corrected chi connectivity index (χ4v) is 3.18. The summed E-state index contributed by atoms with van der Waals surface area (Å²) in [6.45, 7) is 8.56. The SMILES string of the molecule is CC(C)N1CCC2(CC1)CN(C(=O)n1cncn1)C2. The molecule has 2 aliphatic heterocycles. The van der Waals surface area contributed by atoms with Crippen LogP contribution in [0.4, 0.5) is 4.79 Å². The van der Waals surface area contributed by atoms with Crippen LogP contribution in [0.2, 0.25) is 0 Å².